The maximum atomic E-state index is 13.3. The Labute approximate surface area is 93.4 Å². The van der Waals surface area contributed by atoms with Gasteiger partial charge in [0.1, 0.15) is 11.7 Å². The van der Waals surface area contributed by atoms with Gasteiger partial charge in [0.15, 0.2) is 0 Å². The van der Waals surface area contributed by atoms with E-state index in [2.05, 4.69) is 5.32 Å². The van der Waals surface area contributed by atoms with Crippen molar-refractivity contribution in [2.24, 2.45) is 0 Å². The molecule has 0 unspecified atom stereocenters. The van der Waals surface area contributed by atoms with Gasteiger partial charge in [0.05, 0.1) is 0 Å². The summed E-state index contributed by atoms with van der Waals surface area (Å²) in [6.07, 6.45) is 0. The molecule has 0 aliphatic heterocycles. The first-order valence-electron chi connectivity index (χ1n) is 4.70. The van der Waals surface area contributed by atoms with E-state index in [0.717, 1.165) is 0 Å². The third-order valence-corrected chi connectivity index (χ3v) is 2.27. The Morgan fingerprint density at radius 1 is 1.53 bits per heavy atom. The molecule has 1 rings (SSSR count). The van der Waals surface area contributed by atoms with E-state index in [-0.39, 0.29) is 23.5 Å². The molecule has 82 valence electrons. The van der Waals surface area contributed by atoms with Gasteiger partial charge < -0.3 is 5.32 Å². The first-order chi connectivity index (χ1) is 7.04. The number of halogens is 2. The second kappa shape index (κ2) is 5.12. The largest absolute Gasteiger partial charge is 0.325 e. The first-order valence-corrected chi connectivity index (χ1v) is 5.23. The molecule has 4 heteroatoms. The molecule has 1 aromatic rings. The fourth-order valence-electron chi connectivity index (χ4n) is 1.26. The smallest absolute Gasteiger partial charge is 0.239 e. The molecular formula is C11H13ClFNO. The lowest BCUT2D eigenvalue weighted by molar-refractivity contribution is -0.113. The molecule has 0 atom stereocenters. The number of amides is 1. The highest BCUT2D eigenvalue weighted by atomic mass is 35.5. The van der Waals surface area contributed by atoms with Crippen LogP contribution in [0.4, 0.5) is 10.1 Å². The minimum Gasteiger partial charge on any atom is -0.325 e. The minimum atomic E-state index is -0.294. The SMILES string of the molecule is CC(C)c1cc(NC(=O)CCl)ccc1F. The summed E-state index contributed by atoms with van der Waals surface area (Å²) in [5.41, 5.74) is 1.16. The molecule has 15 heavy (non-hydrogen) atoms. The summed E-state index contributed by atoms with van der Waals surface area (Å²) in [4.78, 5) is 11.0. The van der Waals surface area contributed by atoms with Crippen molar-refractivity contribution in [3.63, 3.8) is 0 Å². The van der Waals surface area contributed by atoms with Crippen molar-refractivity contribution in [1.29, 1.82) is 0 Å². The minimum absolute atomic E-state index is 0.0813. The van der Waals surface area contributed by atoms with E-state index in [1.54, 1.807) is 6.07 Å². The zero-order valence-electron chi connectivity index (χ0n) is 8.68. The van der Waals surface area contributed by atoms with Crippen LogP contribution < -0.4 is 5.32 Å². The number of anilines is 1. The van der Waals surface area contributed by atoms with Gasteiger partial charge in [-0.15, -0.1) is 11.6 Å². The van der Waals surface area contributed by atoms with Gasteiger partial charge in [-0.2, -0.15) is 0 Å². The van der Waals surface area contributed by atoms with Gasteiger partial charge in [0.25, 0.3) is 0 Å². The summed E-state index contributed by atoms with van der Waals surface area (Å²) >= 11 is 5.35. The lowest BCUT2D eigenvalue weighted by Gasteiger charge is -2.10. The van der Waals surface area contributed by atoms with Crippen molar-refractivity contribution in [2.45, 2.75) is 19.8 Å². The van der Waals surface area contributed by atoms with Crippen molar-refractivity contribution in [3.8, 4) is 0 Å². The Hall–Kier alpha value is -1.09. The third-order valence-electron chi connectivity index (χ3n) is 2.02. The molecule has 0 saturated carbocycles. The summed E-state index contributed by atoms with van der Waals surface area (Å²) in [6.45, 7) is 3.79. The summed E-state index contributed by atoms with van der Waals surface area (Å²) in [6, 6.07) is 4.50. The Morgan fingerprint density at radius 2 is 2.20 bits per heavy atom. The zero-order chi connectivity index (χ0) is 11.4. The quantitative estimate of drug-likeness (QED) is 0.793. The number of alkyl halides is 1. The topological polar surface area (TPSA) is 29.1 Å². The van der Waals surface area contributed by atoms with Crippen molar-refractivity contribution in [2.75, 3.05) is 11.2 Å². The molecule has 0 aliphatic carbocycles. The lowest BCUT2D eigenvalue weighted by atomic mass is 10.0. The van der Waals surface area contributed by atoms with Crippen LogP contribution in [0.1, 0.15) is 25.3 Å². The van der Waals surface area contributed by atoms with Gasteiger partial charge in [-0.25, -0.2) is 4.39 Å². The van der Waals surface area contributed by atoms with Crippen LogP contribution in [0.3, 0.4) is 0 Å². The standard InChI is InChI=1S/C11H13ClFNO/c1-7(2)9-5-8(3-4-10(9)13)14-11(15)6-12/h3-5,7H,6H2,1-2H3,(H,14,15). The average molecular weight is 230 g/mol. The van der Waals surface area contributed by atoms with Crippen LogP contribution in [0.15, 0.2) is 18.2 Å². The zero-order valence-corrected chi connectivity index (χ0v) is 9.44. The number of benzene rings is 1. The Morgan fingerprint density at radius 3 is 2.73 bits per heavy atom. The summed E-state index contributed by atoms with van der Waals surface area (Å²) in [7, 11) is 0. The van der Waals surface area contributed by atoms with Crippen LogP contribution in [-0.2, 0) is 4.79 Å². The molecule has 0 fully saturated rings. The van der Waals surface area contributed by atoms with Crippen LogP contribution in [0.5, 0.6) is 0 Å². The van der Waals surface area contributed by atoms with Crippen molar-refractivity contribution in [1.82, 2.24) is 0 Å². The Balaban J connectivity index is 2.92. The molecule has 0 radical (unpaired) electrons. The first kappa shape index (κ1) is 12.0. The Bertz CT molecular complexity index is 366. The van der Waals surface area contributed by atoms with E-state index in [1.165, 1.54) is 12.1 Å². The van der Waals surface area contributed by atoms with Crippen LogP contribution >= 0.6 is 11.6 Å². The number of carbonyl (C=O) groups excluding carboxylic acids is 1. The van der Waals surface area contributed by atoms with Crippen LogP contribution in [0, 0.1) is 5.82 Å². The predicted molar refractivity (Wildman–Crippen MR) is 59.8 cm³/mol. The van der Waals surface area contributed by atoms with Gasteiger partial charge in [0.2, 0.25) is 5.91 Å². The molecule has 0 aromatic heterocycles. The molecule has 1 aromatic carbocycles. The molecule has 0 bridgehead atoms. The second-order valence-electron chi connectivity index (χ2n) is 3.57. The van der Waals surface area contributed by atoms with Crippen LogP contribution in [0.25, 0.3) is 0 Å². The summed E-state index contributed by atoms with van der Waals surface area (Å²) < 4.78 is 13.3. The van der Waals surface area contributed by atoms with Gasteiger partial charge in [-0.3, -0.25) is 4.79 Å². The highest BCUT2D eigenvalue weighted by Crippen LogP contribution is 2.22. The van der Waals surface area contributed by atoms with E-state index in [9.17, 15) is 9.18 Å². The van der Waals surface area contributed by atoms with Crippen LogP contribution in [-0.4, -0.2) is 11.8 Å². The second-order valence-corrected chi connectivity index (χ2v) is 3.84. The van der Waals surface area contributed by atoms with E-state index in [4.69, 9.17) is 11.6 Å². The van der Waals surface area contributed by atoms with Crippen molar-refractivity contribution >= 4 is 23.2 Å². The molecule has 0 spiro atoms. The van der Waals surface area contributed by atoms with Crippen LogP contribution in [0.2, 0.25) is 0 Å². The Kier molecular flexibility index (Phi) is 4.09. The average Bonchev–Trinajstić information content (AvgIpc) is 2.20. The summed E-state index contributed by atoms with van der Waals surface area (Å²) in [5.74, 6) is -0.571. The lowest BCUT2D eigenvalue weighted by Crippen LogP contribution is -2.13. The predicted octanol–water partition coefficient (Wildman–Crippen LogP) is 3.13. The summed E-state index contributed by atoms with van der Waals surface area (Å²) in [5, 5.41) is 2.58. The molecule has 1 amide bonds. The highest BCUT2D eigenvalue weighted by molar-refractivity contribution is 6.29. The van der Waals surface area contributed by atoms with Crippen molar-refractivity contribution < 1.29 is 9.18 Å². The number of nitrogens with one attached hydrogen (secondary N) is 1. The molecule has 2 nitrogen and oxygen atoms in total. The molecule has 0 heterocycles. The number of hydrogen-bond acceptors (Lipinski definition) is 1. The third kappa shape index (κ3) is 3.20. The molecule has 0 aliphatic rings. The monoisotopic (exact) mass is 229 g/mol. The van der Waals surface area contributed by atoms with Gasteiger partial charge in [-0.1, -0.05) is 13.8 Å². The normalized spacial score (nSPS) is 10.5. The van der Waals surface area contributed by atoms with E-state index >= 15 is 0 Å². The van der Waals surface area contributed by atoms with Gasteiger partial charge in [0, 0.05) is 5.69 Å². The molecule has 1 N–H and O–H groups in total. The van der Waals surface area contributed by atoms with Crippen molar-refractivity contribution in [3.05, 3.63) is 29.6 Å². The maximum Gasteiger partial charge on any atom is 0.239 e. The number of hydrogen-bond donors (Lipinski definition) is 1. The molecular weight excluding hydrogens is 217 g/mol. The number of carbonyl (C=O) groups is 1. The highest BCUT2D eigenvalue weighted by Gasteiger charge is 2.08. The number of rotatable bonds is 3. The fourth-order valence-corrected chi connectivity index (χ4v) is 1.33. The van der Waals surface area contributed by atoms with Gasteiger partial charge >= 0.3 is 0 Å². The van der Waals surface area contributed by atoms with E-state index in [1.807, 2.05) is 13.8 Å². The van der Waals surface area contributed by atoms with E-state index < -0.39 is 0 Å². The van der Waals surface area contributed by atoms with E-state index in [0.29, 0.717) is 11.3 Å². The fraction of sp³-hybridized carbons (Fsp3) is 0.364. The van der Waals surface area contributed by atoms with Gasteiger partial charge in [-0.05, 0) is 29.7 Å². The maximum absolute atomic E-state index is 13.3. The molecule has 0 saturated heterocycles.